The Morgan fingerprint density at radius 1 is 1.25 bits per heavy atom. The van der Waals surface area contributed by atoms with Gasteiger partial charge in [-0.25, -0.2) is 4.39 Å². The summed E-state index contributed by atoms with van der Waals surface area (Å²) in [6.45, 7) is 3.73. The van der Waals surface area contributed by atoms with E-state index in [1.165, 1.54) is 44.2 Å². The van der Waals surface area contributed by atoms with Crippen LogP contribution in [0.2, 0.25) is 0 Å². The minimum absolute atomic E-state index is 0.292. The maximum Gasteiger partial charge on any atom is 0.123 e. The molecule has 2 rings (SSSR count). The number of rotatable bonds is 6. The number of aliphatic hydroxyl groups excluding tert-OH is 1. The van der Waals surface area contributed by atoms with Crippen molar-refractivity contribution in [3.8, 4) is 0 Å². The minimum Gasteiger partial charge on any atom is -0.387 e. The van der Waals surface area contributed by atoms with Crippen molar-refractivity contribution in [2.45, 2.75) is 45.1 Å². The first-order valence-electron chi connectivity index (χ1n) is 7.83. The highest BCUT2D eigenvalue weighted by Crippen LogP contribution is 2.30. The lowest BCUT2D eigenvalue weighted by Crippen LogP contribution is -2.29. The molecule has 3 heteroatoms. The Labute approximate surface area is 121 Å². The van der Waals surface area contributed by atoms with Crippen LogP contribution in [0.3, 0.4) is 0 Å². The summed E-state index contributed by atoms with van der Waals surface area (Å²) in [5.74, 6) is 1.36. The normalized spacial score (nSPS) is 24.6. The number of nitrogens with one attached hydrogen (secondary N) is 1. The minimum atomic E-state index is -0.627. The molecule has 0 spiro atoms. The molecule has 2 nitrogen and oxygen atoms in total. The second-order valence-electron chi connectivity index (χ2n) is 6.02. The molecule has 1 atom stereocenters. The molecule has 1 aliphatic rings. The summed E-state index contributed by atoms with van der Waals surface area (Å²) in [7, 11) is 0. The Morgan fingerprint density at radius 3 is 2.60 bits per heavy atom. The quantitative estimate of drug-likeness (QED) is 0.833. The SMILES string of the molecule is CCC1CCC(CNCC(O)c2cccc(F)c2)CC1. The first-order chi connectivity index (χ1) is 9.69. The van der Waals surface area contributed by atoms with Crippen LogP contribution in [0.1, 0.15) is 50.7 Å². The van der Waals surface area contributed by atoms with Gasteiger partial charge >= 0.3 is 0 Å². The second-order valence-corrected chi connectivity index (χ2v) is 6.02. The molecule has 0 radical (unpaired) electrons. The number of hydrogen-bond donors (Lipinski definition) is 2. The van der Waals surface area contributed by atoms with E-state index in [1.54, 1.807) is 12.1 Å². The van der Waals surface area contributed by atoms with E-state index < -0.39 is 6.10 Å². The predicted molar refractivity (Wildman–Crippen MR) is 80.0 cm³/mol. The van der Waals surface area contributed by atoms with Gasteiger partial charge in [-0.15, -0.1) is 0 Å². The molecular formula is C17H26FNO. The number of halogens is 1. The van der Waals surface area contributed by atoms with Gasteiger partial charge in [0.05, 0.1) is 6.10 Å². The second kappa shape index (κ2) is 7.75. The summed E-state index contributed by atoms with van der Waals surface area (Å²) in [5, 5.41) is 13.4. The average Bonchev–Trinajstić information content (AvgIpc) is 2.48. The molecule has 0 heterocycles. The summed E-state index contributed by atoms with van der Waals surface area (Å²) in [5.41, 5.74) is 0.646. The van der Waals surface area contributed by atoms with Gasteiger partial charge in [-0.1, -0.05) is 38.3 Å². The Balaban J connectivity index is 1.68. The molecule has 0 bridgehead atoms. The van der Waals surface area contributed by atoms with E-state index in [0.717, 1.165) is 18.4 Å². The molecule has 0 saturated heterocycles. The van der Waals surface area contributed by atoms with Gasteiger partial charge in [0, 0.05) is 6.54 Å². The van der Waals surface area contributed by atoms with Gasteiger partial charge in [0.15, 0.2) is 0 Å². The van der Waals surface area contributed by atoms with Crippen LogP contribution in [0.15, 0.2) is 24.3 Å². The Morgan fingerprint density at radius 2 is 1.95 bits per heavy atom. The van der Waals surface area contributed by atoms with Crippen LogP contribution in [-0.4, -0.2) is 18.2 Å². The lowest BCUT2D eigenvalue weighted by Gasteiger charge is -2.28. The van der Waals surface area contributed by atoms with E-state index in [9.17, 15) is 9.50 Å². The highest BCUT2D eigenvalue weighted by molar-refractivity contribution is 5.18. The van der Waals surface area contributed by atoms with Crippen LogP contribution in [0.5, 0.6) is 0 Å². The van der Waals surface area contributed by atoms with Gasteiger partial charge in [-0.3, -0.25) is 0 Å². The molecule has 1 aromatic rings. The number of aliphatic hydroxyl groups is 1. The first-order valence-corrected chi connectivity index (χ1v) is 7.83. The molecule has 20 heavy (non-hydrogen) atoms. The predicted octanol–water partition coefficient (Wildman–Crippen LogP) is 3.67. The van der Waals surface area contributed by atoms with Crippen molar-refractivity contribution in [1.82, 2.24) is 5.32 Å². The van der Waals surface area contributed by atoms with E-state index in [1.807, 2.05) is 0 Å². The van der Waals surface area contributed by atoms with Crippen LogP contribution < -0.4 is 5.32 Å². The molecule has 1 saturated carbocycles. The highest BCUT2D eigenvalue weighted by atomic mass is 19.1. The maximum atomic E-state index is 13.1. The zero-order valence-electron chi connectivity index (χ0n) is 12.3. The van der Waals surface area contributed by atoms with Gasteiger partial charge in [-0.2, -0.15) is 0 Å². The van der Waals surface area contributed by atoms with Crippen LogP contribution in [0, 0.1) is 17.7 Å². The zero-order valence-corrected chi connectivity index (χ0v) is 12.3. The topological polar surface area (TPSA) is 32.3 Å². The van der Waals surface area contributed by atoms with Crippen molar-refractivity contribution in [3.05, 3.63) is 35.6 Å². The van der Waals surface area contributed by atoms with Crippen molar-refractivity contribution in [1.29, 1.82) is 0 Å². The third kappa shape index (κ3) is 4.57. The molecule has 112 valence electrons. The number of benzene rings is 1. The van der Waals surface area contributed by atoms with E-state index >= 15 is 0 Å². The Kier molecular flexibility index (Phi) is 5.99. The summed E-state index contributed by atoms with van der Waals surface area (Å²) in [6, 6.07) is 6.20. The fourth-order valence-corrected chi connectivity index (χ4v) is 3.10. The van der Waals surface area contributed by atoms with E-state index in [2.05, 4.69) is 12.2 Å². The molecule has 2 N–H and O–H groups in total. The highest BCUT2D eigenvalue weighted by Gasteiger charge is 2.19. The maximum absolute atomic E-state index is 13.1. The smallest absolute Gasteiger partial charge is 0.123 e. The zero-order chi connectivity index (χ0) is 14.4. The molecule has 1 unspecified atom stereocenters. The van der Waals surface area contributed by atoms with E-state index in [-0.39, 0.29) is 5.82 Å². The summed E-state index contributed by atoms with van der Waals surface area (Å²) in [4.78, 5) is 0. The van der Waals surface area contributed by atoms with Crippen LogP contribution in [0.4, 0.5) is 4.39 Å². The van der Waals surface area contributed by atoms with Gasteiger partial charge in [0.1, 0.15) is 5.82 Å². The third-order valence-electron chi connectivity index (χ3n) is 4.55. The average molecular weight is 279 g/mol. The Hall–Kier alpha value is -0.930. The van der Waals surface area contributed by atoms with E-state index in [0.29, 0.717) is 12.1 Å². The third-order valence-corrected chi connectivity index (χ3v) is 4.55. The van der Waals surface area contributed by atoms with Crippen LogP contribution >= 0.6 is 0 Å². The fourth-order valence-electron chi connectivity index (χ4n) is 3.10. The van der Waals surface area contributed by atoms with E-state index in [4.69, 9.17) is 0 Å². The molecule has 1 fully saturated rings. The lowest BCUT2D eigenvalue weighted by atomic mass is 9.81. The Bertz CT molecular complexity index is 402. The largest absolute Gasteiger partial charge is 0.387 e. The number of hydrogen-bond acceptors (Lipinski definition) is 2. The van der Waals surface area contributed by atoms with Gasteiger partial charge in [0.2, 0.25) is 0 Å². The van der Waals surface area contributed by atoms with Gasteiger partial charge in [0.25, 0.3) is 0 Å². The van der Waals surface area contributed by atoms with Crippen molar-refractivity contribution < 1.29 is 9.50 Å². The molecular weight excluding hydrogens is 253 g/mol. The summed E-state index contributed by atoms with van der Waals surface area (Å²) in [6.07, 6.45) is 5.95. The first kappa shape index (κ1) is 15.5. The molecule has 0 aromatic heterocycles. The lowest BCUT2D eigenvalue weighted by molar-refractivity contribution is 0.168. The fraction of sp³-hybridized carbons (Fsp3) is 0.647. The van der Waals surface area contributed by atoms with Crippen molar-refractivity contribution >= 4 is 0 Å². The summed E-state index contributed by atoms with van der Waals surface area (Å²) >= 11 is 0. The van der Waals surface area contributed by atoms with Gasteiger partial charge in [-0.05, 0) is 48.9 Å². The van der Waals surface area contributed by atoms with Crippen molar-refractivity contribution in [2.75, 3.05) is 13.1 Å². The van der Waals surface area contributed by atoms with Crippen molar-refractivity contribution in [2.24, 2.45) is 11.8 Å². The molecule has 1 aliphatic carbocycles. The van der Waals surface area contributed by atoms with Crippen LogP contribution in [0.25, 0.3) is 0 Å². The molecule has 0 aliphatic heterocycles. The molecule has 0 amide bonds. The van der Waals surface area contributed by atoms with Crippen LogP contribution in [-0.2, 0) is 0 Å². The van der Waals surface area contributed by atoms with Gasteiger partial charge < -0.3 is 10.4 Å². The molecule has 1 aromatic carbocycles. The monoisotopic (exact) mass is 279 g/mol. The van der Waals surface area contributed by atoms with Crippen molar-refractivity contribution in [3.63, 3.8) is 0 Å². The standard InChI is InChI=1S/C17H26FNO/c1-2-13-6-8-14(9-7-13)11-19-12-17(20)15-4-3-5-16(18)10-15/h3-5,10,13-14,17,19-20H,2,6-9,11-12H2,1H3. The summed E-state index contributed by atoms with van der Waals surface area (Å²) < 4.78 is 13.1.